The molecular weight excluding hydrogens is 362 g/mol. The molecule has 2 rings (SSSR count). The van der Waals surface area contributed by atoms with Crippen LogP contribution in [0.4, 0.5) is 14.5 Å². The predicted octanol–water partition coefficient (Wildman–Crippen LogP) is 3.21. The molecule has 1 aliphatic rings. The number of para-hydroxylation sites is 1. The normalized spacial score (nSPS) is 15.7. The number of rotatable bonds is 8. The molecule has 0 bridgehead atoms. The first kappa shape index (κ1) is 20.6. The minimum absolute atomic E-state index is 0.106. The van der Waals surface area contributed by atoms with Crippen LogP contribution in [0.1, 0.15) is 44.9 Å². The quantitative estimate of drug-likeness (QED) is 0.744. The van der Waals surface area contributed by atoms with E-state index in [4.69, 9.17) is 0 Å². The molecule has 0 radical (unpaired) electrons. The SMILES string of the molecule is CS(=O)(=O)N(CCCC(=O)NCC1CCCCC1)c1c(F)cccc1F. The topological polar surface area (TPSA) is 66.5 Å². The van der Waals surface area contributed by atoms with Gasteiger partial charge in [0.25, 0.3) is 0 Å². The molecule has 0 heterocycles. The molecular formula is C18H26F2N2O3S. The Bertz CT molecular complexity index is 699. The van der Waals surface area contributed by atoms with Crippen molar-refractivity contribution in [1.29, 1.82) is 0 Å². The van der Waals surface area contributed by atoms with Crippen LogP contribution < -0.4 is 9.62 Å². The molecule has 0 unspecified atom stereocenters. The Morgan fingerprint density at radius 1 is 1.19 bits per heavy atom. The maximum absolute atomic E-state index is 13.9. The van der Waals surface area contributed by atoms with Crippen LogP contribution in [0.5, 0.6) is 0 Å². The molecule has 0 saturated heterocycles. The van der Waals surface area contributed by atoms with Gasteiger partial charge in [-0.25, -0.2) is 17.2 Å². The summed E-state index contributed by atoms with van der Waals surface area (Å²) in [5.74, 6) is -1.56. The van der Waals surface area contributed by atoms with E-state index in [9.17, 15) is 22.0 Å². The zero-order chi connectivity index (χ0) is 19.2. The fourth-order valence-corrected chi connectivity index (χ4v) is 4.26. The van der Waals surface area contributed by atoms with Crippen LogP contribution in [-0.2, 0) is 14.8 Å². The van der Waals surface area contributed by atoms with Crippen LogP contribution in [0.2, 0.25) is 0 Å². The minimum Gasteiger partial charge on any atom is -0.356 e. The Balaban J connectivity index is 1.89. The molecule has 26 heavy (non-hydrogen) atoms. The number of nitrogens with zero attached hydrogens (tertiary/aromatic N) is 1. The molecule has 146 valence electrons. The smallest absolute Gasteiger partial charge is 0.232 e. The molecule has 0 spiro atoms. The van der Waals surface area contributed by atoms with Crippen molar-refractivity contribution >= 4 is 21.6 Å². The predicted molar refractivity (Wildman–Crippen MR) is 97.4 cm³/mol. The lowest BCUT2D eigenvalue weighted by atomic mass is 9.89. The third kappa shape index (κ3) is 5.93. The van der Waals surface area contributed by atoms with Gasteiger partial charge < -0.3 is 5.32 Å². The summed E-state index contributed by atoms with van der Waals surface area (Å²) in [5.41, 5.74) is -0.599. The fraction of sp³-hybridized carbons (Fsp3) is 0.611. The van der Waals surface area contributed by atoms with Gasteiger partial charge in [-0.05, 0) is 37.3 Å². The van der Waals surface area contributed by atoms with E-state index >= 15 is 0 Å². The number of nitrogens with one attached hydrogen (secondary N) is 1. The summed E-state index contributed by atoms with van der Waals surface area (Å²) in [4.78, 5) is 12.0. The number of anilines is 1. The molecule has 1 N–H and O–H groups in total. The third-order valence-electron chi connectivity index (χ3n) is 4.66. The summed E-state index contributed by atoms with van der Waals surface area (Å²) < 4.78 is 52.4. The molecule has 1 saturated carbocycles. The van der Waals surface area contributed by atoms with E-state index in [2.05, 4.69) is 5.32 Å². The average Bonchev–Trinajstić information content (AvgIpc) is 2.58. The Morgan fingerprint density at radius 3 is 2.38 bits per heavy atom. The van der Waals surface area contributed by atoms with Gasteiger partial charge in [-0.3, -0.25) is 9.10 Å². The van der Waals surface area contributed by atoms with Crippen LogP contribution in [0.3, 0.4) is 0 Å². The van der Waals surface area contributed by atoms with Crippen molar-refractivity contribution in [2.24, 2.45) is 5.92 Å². The van der Waals surface area contributed by atoms with Crippen LogP contribution >= 0.6 is 0 Å². The van der Waals surface area contributed by atoms with Gasteiger partial charge in [0, 0.05) is 19.5 Å². The molecule has 1 aromatic rings. The van der Waals surface area contributed by atoms with Gasteiger partial charge in [-0.15, -0.1) is 0 Å². The first-order valence-corrected chi connectivity index (χ1v) is 10.8. The van der Waals surface area contributed by atoms with Crippen LogP contribution in [-0.4, -0.2) is 33.7 Å². The summed E-state index contributed by atoms with van der Waals surface area (Å²) in [6, 6.07) is 3.19. The molecule has 1 aliphatic carbocycles. The second kappa shape index (κ2) is 9.30. The summed E-state index contributed by atoms with van der Waals surface area (Å²) in [5, 5.41) is 2.87. The van der Waals surface area contributed by atoms with Crippen molar-refractivity contribution in [2.75, 3.05) is 23.7 Å². The second-order valence-corrected chi connectivity index (χ2v) is 8.72. The summed E-state index contributed by atoms with van der Waals surface area (Å²) in [6.45, 7) is 0.476. The summed E-state index contributed by atoms with van der Waals surface area (Å²) in [7, 11) is -3.87. The van der Waals surface area contributed by atoms with Gasteiger partial charge in [0.1, 0.15) is 5.69 Å². The zero-order valence-corrected chi connectivity index (χ0v) is 15.8. The first-order chi connectivity index (χ1) is 12.3. The number of amides is 1. The summed E-state index contributed by atoms with van der Waals surface area (Å²) in [6.07, 6.45) is 7.05. The molecule has 1 amide bonds. The Morgan fingerprint density at radius 2 is 1.81 bits per heavy atom. The molecule has 0 aliphatic heterocycles. The van der Waals surface area contributed by atoms with Crippen molar-refractivity contribution in [2.45, 2.75) is 44.9 Å². The first-order valence-electron chi connectivity index (χ1n) is 8.97. The van der Waals surface area contributed by atoms with E-state index in [1.165, 1.54) is 25.3 Å². The molecule has 1 aromatic carbocycles. The number of sulfonamides is 1. The van der Waals surface area contributed by atoms with E-state index in [0.717, 1.165) is 31.2 Å². The monoisotopic (exact) mass is 388 g/mol. The Hall–Kier alpha value is -1.70. The number of benzene rings is 1. The number of hydrogen-bond donors (Lipinski definition) is 1. The molecule has 0 atom stereocenters. The van der Waals surface area contributed by atoms with Crippen molar-refractivity contribution in [3.63, 3.8) is 0 Å². The van der Waals surface area contributed by atoms with Crippen molar-refractivity contribution in [3.05, 3.63) is 29.8 Å². The van der Waals surface area contributed by atoms with Crippen LogP contribution in [0.25, 0.3) is 0 Å². The number of carbonyl (C=O) groups is 1. The van der Waals surface area contributed by atoms with E-state index in [1.54, 1.807) is 0 Å². The third-order valence-corrected chi connectivity index (χ3v) is 5.83. The maximum Gasteiger partial charge on any atom is 0.232 e. The molecule has 1 fully saturated rings. The van der Waals surface area contributed by atoms with Gasteiger partial charge in [-0.1, -0.05) is 25.3 Å². The number of carbonyl (C=O) groups excluding carboxylic acids is 1. The average molecular weight is 388 g/mol. The number of hydrogen-bond acceptors (Lipinski definition) is 3. The highest BCUT2D eigenvalue weighted by Gasteiger charge is 2.24. The molecule has 8 heteroatoms. The van der Waals surface area contributed by atoms with Gasteiger partial charge in [-0.2, -0.15) is 0 Å². The van der Waals surface area contributed by atoms with E-state index in [-0.39, 0.29) is 25.3 Å². The lowest BCUT2D eigenvalue weighted by Gasteiger charge is -2.23. The lowest BCUT2D eigenvalue weighted by Crippen LogP contribution is -2.34. The Labute approximate surface area is 153 Å². The highest BCUT2D eigenvalue weighted by Crippen LogP contribution is 2.26. The van der Waals surface area contributed by atoms with Gasteiger partial charge in [0.2, 0.25) is 15.9 Å². The highest BCUT2D eigenvalue weighted by molar-refractivity contribution is 7.92. The standard InChI is InChI=1S/C18H26F2N2O3S/c1-26(24,25)22(18-15(19)9-5-10-16(18)20)12-6-11-17(23)21-13-14-7-3-2-4-8-14/h5,9-10,14H,2-4,6-8,11-13H2,1H3,(H,21,23). The Kier molecular flexibility index (Phi) is 7.37. The van der Waals surface area contributed by atoms with E-state index in [1.807, 2.05) is 0 Å². The van der Waals surface area contributed by atoms with Crippen molar-refractivity contribution in [1.82, 2.24) is 5.32 Å². The molecule has 0 aromatic heterocycles. The van der Waals surface area contributed by atoms with Crippen molar-refractivity contribution in [3.8, 4) is 0 Å². The minimum atomic E-state index is -3.87. The molecule has 5 nitrogen and oxygen atoms in total. The van der Waals surface area contributed by atoms with E-state index < -0.39 is 27.3 Å². The number of halogens is 2. The van der Waals surface area contributed by atoms with Crippen LogP contribution in [0, 0.1) is 17.6 Å². The zero-order valence-electron chi connectivity index (χ0n) is 15.0. The van der Waals surface area contributed by atoms with Crippen molar-refractivity contribution < 1.29 is 22.0 Å². The largest absolute Gasteiger partial charge is 0.356 e. The highest BCUT2D eigenvalue weighted by atomic mass is 32.2. The lowest BCUT2D eigenvalue weighted by molar-refractivity contribution is -0.121. The van der Waals surface area contributed by atoms with Crippen LogP contribution in [0.15, 0.2) is 18.2 Å². The second-order valence-electron chi connectivity index (χ2n) is 6.82. The van der Waals surface area contributed by atoms with Gasteiger partial charge in [0.15, 0.2) is 11.6 Å². The van der Waals surface area contributed by atoms with Gasteiger partial charge >= 0.3 is 0 Å². The maximum atomic E-state index is 13.9. The van der Waals surface area contributed by atoms with Gasteiger partial charge in [0.05, 0.1) is 6.26 Å². The summed E-state index contributed by atoms with van der Waals surface area (Å²) >= 11 is 0. The fourth-order valence-electron chi connectivity index (χ4n) is 3.29. The van der Waals surface area contributed by atoms with E-state index in [0.29, 0.717) is 16.8 Å².